The maximum absolute atomic E-state index is 4.16. The molecule has 0 spiro atoms. The highest BCUT2D eigenvalue weighted by Crippen LogP contribution is 2.26. The van der Waals surface area contributed by atoms with E-state index in [-0.39, 0.29) is 5.41 Å². The summed E-state index contributed by atoms with van der Waals surface area (Å²) in [6.07, 6.45) is 3.42. The van der Waals surface area contributed by atoms with Gasteiger partial charge in [-0.1, -0.05) is 20.8 Å². The number of H-pyrrole nitrogens is 1. The fourth-order valence-corrected chi connectivity index (χ4v) is 1.34. The topological polar surface area (TPSA) is 54.5 Å². The maximum Gasteiger partial charge on any atom is 0.114 e. The van der Waals surface area contributed by atoms with Gasteiger partial charge in [0.15, 0.2) is 0 Å². The lowest BCUT2D eigenvalue weighted by Gasteiger charge is -2.15. The largest absolute Gasteiger partial charge is 0.281 e. The van der Waals surface area contributed by atoms with E-state index in [2.05, 4.69) is 41.2 Å². The summed E-state index contributed by atoms with van der Waals surface area (Å²) in [5.74, 6) is 0. The summed E-state index contributed by atoms with van der Waals surface area (Å²) in [6.45, 7) is 6.42. The van der Waals surface area contributed by atoms with Gasteiger partial charge in [0.25, 0.3) is 0 Å². The van der Waals surface area contributed by atoms with Gasteiger partial charge in [0, 0.05) is 10.8 Å². The Morgan fingerprint density at radius 2 is 1.85 bits per heavy atom. The lowest BCUT2D eigenvalue weighted by molar-refractivity contribution is 0.571. The summed E-state index contributed by atoms with van der Waals surface area (Å²) >= 11 is 0. The number of rotatable bonds is 0. The molecule has 2 rings (SSSR count). The molecule has 0 aliphatic rings. The number of aromatic amines is 1. The molecule has 2 aromatic rings. The molecule has 0 radical (unpaired) electrons. The van der Waals surface area contributed by atoms with Gasteiger partial charge in [-0.3, -0.25) is 5.10 Å². The number of hydrogen-bond acceptors (Lipinski definition) is 3. The van der Waals surface area contributed by atoms with E-state index in [0.717, 1.165) is 16.6 Å². The number of hydrogen-bond donors (Lipinski definition) is 1. The van der Waals surface area contributed by atoms with E-state index in [9.17, 15) is 0 Å². The van der Waals surface area contributed by atoms with Crippen molar-refractivity contribution in [3.8, 4) is 0 Å². The Kier molecular flexibility index (Phi) is 1.58. The first-order chi connectivity index (χ1) is 6.09. The first-order valence-corrected chi connectivity index (χ1v) is 4.24. The molecule has 13 heavy (non-hydrogen) atoms. The molecule has 0 saturated carbocycles. The molecule has 0 fully saturated rings. The van der Waals surface area contributed by atoms with Crippen molar-refractivity contribution in [2.45, 2.75) is 26.2 Å². The van der Waals surface area contributed by atoms with Crippen LogP contribution in [0, 0.1) is 0 Å². The molecule has 0 bridgehead atoms. The van der Waals surface area contributed by atoms with Crippen molar-refractivity contribution in [3.05, 3.63) is 18.1 Å². The molecule has 1 N–H and O–H groups in total. The quantitative estimate of drug-likeness (QED) is 0.664. The predicted molar refractivity (Wildman–Crippen MR) is 50.4 cm³/mol. The van der Waals surface area contributed by atoms with E-state index in [1.165, 1.54) is 0 Å². The average Bonchev–Trinajstić information content (AvgIpc) is 2.45. The molecule has 2 heterocycles. The van der Waals surface area contributed by atoms with Crippen LogP contribution in [0.1, 0.15) is 26.5 Å². The molecule has 68 valence electrons. The minimum Gasteiger partial charge on any atom is -0.281 e. The van der Waals surface area contributed by atoms with Crippen molar-refractivity contribution in [1.29, 1.82) is 0 Å². The van der Waals surface area contributed by atoms with Crippen molar-refractivity contribution in [3.63, 3.8) is 0 Å². The summed E-state index contributed by atoms with van der Waals surface area (Å²) < 4.78 is 0. The van der Waals surface area contributed by atoms with Gasteiger partial charge < -0.3 is 0 Å². The molecule has 0 aliphatic carbocycles. The van der Waals surface area contributed by atoms with Crippen molar-refractivity contribution < 1.29 is 0 Å². The second-order valence-corrected chi connectivity index (χ2v) is 4.14. The summed E-state index contributed by atoms with van der Waals surface area (Å²) in [7, 11) is 0. The van der Waals surface area contributed by atoms with Crippen molar-refractivity contribution in [2.75, 3.05) is 0 Å². The van der Waals surface area contributed by atoms with Crippen LogP contribution in [-0.4, -0.2) is 20.4 Å². The summed E-state index contributed by atoms with van der Waals surface area (Å²) in [4.78, 5) is 0. The second kappa shape index (κ2) is 2.52. The van der Waals surface area contributed by atoms with E-state index in [0.29, 0.717) is 0 Å². The lowest BCUT2D eigenvalue weighted by atomic mass is 9.90. The Hall–Kier alpha value is -1.45. The second-order valence-electron chi connectivity index (χ2n) is 4.14. The lowest BCUT2D eigenvalue weighted by Crippen LogP contribution is -2.12. The number of nitrogens with one attached hydrogen (secondary N) is 1. The molecule has 4 nitrogen and oxygen atoms in total. The van der Waals surface area contributed by atoms with Gasteiger partial charge in [0.1, 0.15) is 5.52 Å². The molecule has 4 heteroatoms. The molecule has 2 aromatic heterocycles. The highest BCUT2D eigenvalue weighted by atomic mass is 15.2. The summed E-state index contributed by atoms with van der Waals surface area (Å²) in [5, 5.41) is 15.9. The minimum absolute atomic E-state index is 0.0672. The summed E-state index contributed by atoms with van der Waals surface area (Å²) in [5.41, 5.74) is 2.05. The smallest absolute Gasteiger partial charge is 0.114 e. The van der Waals surface area contributed by atoms with Crippen LogP contribution in [0.3, 0.4) is 0 Å². The van der Waals surface area contributed by atoms with Crippen LogP contribution < -0.4 is 0 Å². The van der Waals surface area contributed by atoms with Gasteiger partial charge >= 0.3 is 0 Å². The highest BCUT2D eigenvalue weighted by molar-refractivity contribution is 5.80. The molecule has 0 atom stereocenters. The number of nitrogens with zero attached hydrogens (tertiary/aromatic N) is 3. The first kappa shape index (κ1) is 8.16. The molecule has 0 saturated heterocycles. The zero-order valence-corrected chi connectivity index (χ0v) is 8.00. The molecule has 0 unspecified atom stereocenters. The Morgan fingerprint density at radius 1 is 1.15 bits per heavy atom. The zero-order chi connectivity index (χ0) is 9.47. The van der Waals surface area contributed by atoms with Crippen LogP contribution in [0.4, 0.5) is 0 Å². The van der Waals surface area contributed by atoms with Crippen LogP contribution in [-0.2, 0) is 5.41 Å². The zero-order valence-electron chi connectivity index (χ0n) is 8.00. The molecule has 0 aliphatic heterocycles. The van der Waals surface area contributed by atoms with E-state index in [1.807, 2.05) is 0 Å². The maximum atomic E-state index is 4.16. The van der Waals surface area contributed by atoms with Gasteiger partial charge in [0.2, 0.25) is 0 Å². The highest BCUT2D eigenvalue weighted by Gasteiger charge is 2.19. The van der Waals surface area contributed by atoms with E-state index < -0.39 is 0 Å². The van der Waals surface area contributed by atoms with Gasteiger partial charge in [-0.15, -0.1) is 0 Å². The van der Waals surface area contributed by atoms with Crippen LogP contribution >= 0.6 is 0 Å². The average molecular weight is 176 g/mol. The van der Waals surface area contributed by atoms with Crippen molar-refractivity contribution >= 4 is 10.9 Å². The van der Waals surface area contributed by atoms with E-state index in [1.54, 1.807) is 12.4 Å². The third-order valence-electron chi connectivity index (χ3n) is 2.02. The van der Waals surface area contributed by atoms with E-state index in [4.69, 9.17) is 0 Å². The van der Waals surface area contributed by atoms with Crippen LogP contribution in [0.15, 0.2) is 12.4 Å². The molecule has 0 amide bonds. The fraction of sp³-hybridized carbons (Fsp3) is 0.444. The molecular weight excluding hydrogens is 164 g/mol. The van der Waals surface area contributed by atoms with Gasteiger partial charge in [-0.2, -0.15) is 15.3 Å². The normalized spacial score (nSPS) is 12.2. The minimum atomic E-state index is 0.0672. The fourth-order valence-electron chi connectivity index (χ4n) is 1.34. The van der Waals surface area contributed by atoms with Crippen LogP contribution in [0.25, 0.3) is 10.9 Å². The van der Waals surface area contributed by atoms with Gasteiger partial charge in [-0.05, 0) is 0 Å². The van der Waals surface area contributed by atoms with Crippen molar-refractivity contribution in [2.24, 2.45) is 0 Å². The van der Waals surface area contributed by atoms with E-state index >= 15 is 0 Å². The SMILES string of the molecule is CC(C)(C)c1[nH]nc2cnncc12. The predicted octanol–water partition coefficient (Wildman–Crippen LogP) is 1.65. The third kappa shape index (κ3) is 1.28. The van der Waals surface area contributed by atoms with Crippen LogP contribution in [0.5, 0.6) is 0 Å². The standard InChI is InChI=1S/C9H12N4/c1-9(2,3)8-6-4-10-11-5-7(6)12-13-8/h4-5H,1-3H3,(H,12,13). The number of fused-ring (bicyclic) bond motifs is 1. The Labute approximate surface area is 76.4 Å². The first-order valence-electron chi connectivity index (χ1n) is 4.24. The number of aromatic nitrogens is 4. The van der Waals surface area contributed by atoms with Gasteiger partial charge in [0.05, 0.1) is 18.1 Å². The summed E-state index contributed by atoms with van der Waals surface area (Å²) in [6, 6.07) is 0. The van der Waals surface area contributed by atoms with Crippen LogP contribution in [0.2, 0.25) is 0 Å². The van der Waals surface area contributed by atoms with Gasteiger partial charge in [-0.25, -0.2) is 0 Å². The molecular formula is C9H12N4. The Balaban J connectivity index is 2.72. The van der Waals surface area contributed by atoms with Crippen molar-refractivity contribution in [1.82, 2.24) is 20.4 Å². The molecule has 0 aromatic carbocycles. The Morgan fingerprint density at radius 3 is 2.54 bits per heavy atom. The monoisotopic (exact) mass is 176 g/mol. The Bertz CT molecular complexity index is 424. The third-order valence-corrected chi connectivity index (χ3v) is 2.02.